The molecule has 0 aliphatic heterocycles. The van der Waals surface area contributed by atoms with Gasteiger partial charge >= 0.3 is 0 Å². The van der Waals surface area contributed by atoms with Crippen molar-refractivity contribution in [2.75, 3.05) is 6.61 Å². The Hall–Kier alpha value is -1.80. The lowest BCUT2D eigenvalue weighted by Crippen LogP contribution is -2.17. The number of ether oxygens (including phenoxy) is 1. The molecule has 0 aliphatic carbocycles. The Kier molecular flexibility index (Phi) is 6.98. The van der Waals surface area contributed by atoms with Crippen LogP contribution in [0, 0.1) is 0 Å². The summed E-state index contributed by atoms with van der Waals surface area (Å²) in [5.41, 5.74) is 2.60. The summed E-state index contributed by atoms with van der Waals surface area (Å²) in [4.78, 5) is 0. The van der Waals surface area contributed by atoms with E-state index in [9.17, 15) is 0 Å². The maximum Gasteiger partial charge on any atom is 0.119 e. The molecule has 0 spiro atoms. The fourth-order valence-electron chi connectivity index (χ4n) is 2.38. The van der Waals surface area contributed by atoms with Crippen molar-refractivity contribution >= 4 is 0 Å². The highest BCUT2D eigenvalue weighted by molar-refractivity contribution is 5.27. The molecule has 22 heavy (non-hydrogen) atoms. The van der Waals surface area contributed by atoms with E-state index < -0.39 is 0 Å². The van der Waals surface area contributed by atoms with Crippen molar-refractivity contribution in [3.05, 3.63) is 65.7 Å². The fourth-order valence-corrected chi connectivity index (χ4v) is 2.38. The maximum absolute atomic E-state index is 5.74. The van der Waals surface area contributed by atoms with Gasteiger partial charge < -0.3 is 10.1 Å². The first-order chi connectivity index (χ1) is 10.8. The predicted octanol–water partition coefficient (Wildman–Crippen LogP) is 5.11. The van der Waals surface area contributed by atoms with Crippen molar-refractivity contribution < 1.29 is 4.74 Å². The number of nitrogens with one attached hydrogen (secondary N) is 1. The first kappa shape index (κ1) is 16.6. The minimum atomic E-state index is 0.353. The molecule has 0 bridgehead atoms. The van der Waals surface area contributed by atoms with E-state index in [-0.39, 0.29) is 0 Å². The average molecular weight is 297 g/mol. The molecule has 1 N–H and O–H groups in total. The highest BCUT2D eigenvalue weighted by Crippen LogP contribution is 2.15. The molecule has 0 aromatic heterocycles. The van der Waals surface area contributed by atoms with Crippen LogP contribution in [0.5, 0.6) is 5.75 Å². The van der Waals surface area contributed by atoms with Crippen molar-refractivity contribution in [2.24, 2.45) is 0 Å². The van der Waals surface area contributed by atoms with Gasteiger partial charge in [-0.2, -0.15) is 0 Å². The molecule has 2 rings (SSSR count). The topological polar surface area (TPSA) is 21.3 Å². The lowest BCUT2D eigenvalue weighted by Gasteiger charge is -2.14. The summed E-state index contributed by atoms with van der Waals surface area (Å²) in [6.07, 6.45) is 3.60. The van der Waals surface area contributed by atoms with E-state index in [1.165, 1.54) is 24.0 Å². The van der Waals surface area contributed by atoms with Crippen LogP contribution in [0.1, 0.15) is 50.3 Å². The van der Waals surface area contributed by atoms with Gasteiger partial charge in [-0.1, -0.05) is 62.2 Å². The maximum atomic E-state index is 5.74. The van der Waals surface area contributed by atoms with E-state index >= 15 is 0 Å². The van der Waals surface area contributed by atoms with Gasteiger partial charge in [0.25, 0.3) is 0 Å². The molecule has 0 saturated heterocycles. The lowest BCUT2D eigenvalue weighted by molar-refractivity contribution is 0.306. The van der Waals surface area contributed by atoms with Gasteiger partial charge in [-0.25, -0.2) is 0 Å². The molecule has 2 aromatic rings. The van der Waals surface area contributed by atoms with Crippen LogP contribution in [0.4, 0.5) is 0 Å². The minimum absolute atomic E-state index is 0.353. The van der Waals surface area contributed by atoms with E-state index in [2.05, 4.69) is 73.8 Å². The molecule has 118 valence electrons. The normalized spacial score (nSPS) is 12.1. The fraction of sp³-hybridized carbons (Fsp3) is 0.400. The largest absolute Gasteiger partial charge is 0.494 e. The van der Waals surface area contributed by atoms with Gasteiger partial charge in [-0.15, -0.1) is 0 Å². The molecule has 2 nitrogen and oxygen atoms in total. The minimum Gasteiger partial charge on any atom is -0.494 e. The summed E-state index contributed by atoms with van der Waals surface area (Å²) in [5.74, 6) is 0.968. The zero-order valence-corrected chi connectivity index (χ0v) is 13.7. The van der Waals surface area contributed by atoms with Gasteiger partial charge in [0.1, 0.15) is 5.75 Å². The van der Waals surface area contributed by atoms with Crippen LogP contribution in [0.2, 0.25) is 0 Å². The van der Waals surface area contributed by atoms with Crippen molar-refractivity contribution in [2.45, 2.75) is 45.7 Å². The van der Waals surface area contributed by atoms with Crippen molar-refractivity contribution in [1.82, 2.24) is 5.32 Å². The van der Waals surface area contributed by atoms with Crippen molar-refractivity contribution in [3.63, 3.8) is 0 Å². The first-order valence-electron chi connectivity index (χ1n) is 8.29. The summed E-state index contributed by atoms with van der Waals surface area (Å²) in [5, 5.41) is 3.55. The van der Waals surface area contributed by atoms with Crippen molar-refractivity contribution in [1.29, 1.82) is 0 Å². The van der Waals surface area contributed by atoms with E-state index in [4.69, 9.17) is 4.74 Å². The van der Waals surface area contributed by atoms with E-state index in [1.54, 1.807) is 0 Å². The second kappa shape index (κ2) is 9.26. The molecule has 0 aliphatic rings. The van der Waals surface area contributed by atoms with E-state index in [0.717, 1.165) is 25.3 Å². The first-order valence-corrected chi connectivity index (χ1v) is 8.29. The average Bonchev–Trinajstić information content (AvgIpc) is 2.58. The summed E-state index contributed by atoms with van der Waals surface area (Å²) < 4.78 is 5.74. The molecule has 0 amide bonds. The molecule has 0 radical (unpaired) electrons. The third-order valence-corrected chi connectivity index (χ3v) is 3.85. The van der Waals surface area contributed by atoms with E-state index in [1.807, 2.05) is 0 Å². The zero-order chi connectivity index (χ0) is 15.6. The Morgan fingerprint density at radius 1 is 0.955 bits per heavy atom. The smallest absolute Gasteiger partial charge is 0.119 e. The van der Waals surface area contributed by atoms with Crippen LogP contribution < -0.4 is 10.1 Å². The van der Waals surface area contributed by atoms with Gasteiger partial charge in [0.2, 0.25) is 0 Å². The number of hydrogen-bond acceptors (Lipinski definition) is 2. The molecule has 0 heterocycles. The highest BCUT2D eigenvalue weighted by Gasteiger charge is 2.04. The lowest BCUT2D eigenvalue weighted by atomic mass is 10.1. The third-order valence-electron chi connectivity index (χ3n) is 3.85. The number of rotatable bonds is 9. The molecular weight excluding hydrogens is 270 g/mol. The second-order valence-electron chi connectivity index (χ2n) is 5.71. The summed E-state index contributed by atoms with van der Waals surface area (Å²) in [6, 6.07) is 19.3. The Bertz CT molecular complexity index is 521. The highest BCUT2D eigenvalue weighted by atomic mass is 16.5. The Labute approximate surface area is 134 Å². The van der Waals surface area contributed by atoms with Gasteiger partial charge in [0.15, 0.2) is 0 Å². The van der Waals surface area contributed by atoms with Crippen LogP contribution in [0.25, 0.3) is 0 Å². The Balaban J connectivity index is 1.76. The third kappa shape index (κ3) is 5.53. The molecule has 0 fully saturated rings. The summed E-state index contributed by atoms with van der Waals surface area (Å²) >= 11 is 0. The number of unbranched alkanes of at least 4 members (excludes halogenated alkanes) is 2. The zero-order valence-electron chi connectivity index (χ0n) is 13.7. The van der Waals surface area contributed by atoms with Gasteiger partial charge in [-0.3, -0.25) is 0 Å². The van der Waals surface area contributed by atoms with Gasteiger partial charge in [-0.05, 0) is 36.6 Å². The standard InChI is InChI=1S/C20H27NO/c1-3-4-8-15-22-20-13-11-18(12-14-20)16-21-17(2)19-9-6-5-7-10-19/h5-7,9-14,17,21H,3-4,8,15-16H2,1-2H3. The Morgan fingerprint density at radius 3 is 2.36 bits per heavy atom. The monoisotopic (exact) mass is 297 g/mol. The number of hydrogen-bond donors (Lipinski definition) is 1. The Morgan fingerprint density at radius 2 is 1.68 bits per heavy atom. The van der Waals surface area contributed by atoms with Crippen molar-refractivity contribution in [3.8, 4) is 5.75 Å². The quantitative estimate of drug-likeness (QED) is 0.650. The molecule has 1 unspecified atom stereocenters. The molecule has 1 atom stereocenters. The summed E-state index contributed by atoms with van der Waals surface area (Å²) in [7, 11) is 0. The molecular formula is C20H27NO. The molecule has 2 heteroatoms. The second-order valence-corrected chi connectivity index (χ2v) is 5.71. The molecule has 2 aromatic carbocycles. The van der Waals surface area contributed by atoms with Crippen LogP contribution in [0.15, 0.2) is 54.6 Å². The summed E-state index contributed by atoms with van der Waals surface area (Å²) in [6.45, 7) is 6.08. The predicted molar refractivity (Wildman–Crippen MR) is 93.2 cm³/mol. The van der Waals surface area contributed by atoms with Crippen LogP contribution in [-0.4, -0.2) is 6.61 Å². The van der Waals surface area contributed by atoms with Crippen LogP contribution in [0.3, 0.4) is 0 Å². The van der Waals surface area contributed by atoms with Crippen LogP contribution >= 0.6 is 0 Å². The van der Waals surface area contributed by atoms with Crippen LogP contribution in [-0.2, 0) is 6.54 Å². The van der Waals surface area contributed by atoms with Gasteiger partial charge in [0, 0.05) is 12.6 Å². The van der Waals surface area contributed by atoms with Gasteiger partial charge in [0.05, 0.1) is 6.61 Å². The SMILES string of the molecule is CCCCCOc1ccc(CNC(C)c2ccccc2)cc1. The van der Waals surface area contributed by atoms with E-state index in [0.29, 0.717) is 6.04 Å². The number of benzene rings is 2. The molecule has 0 saturated carbocycles.